The molecule has 1 N–H and O–H groups in total. The van der Waals surface area contributed by atoms with Crippen molar-refractivity contribution >= 4 is 0 Å². The fourth-order valence-electron chi connectivity index (χ4n) is 2.33. The second-order valence-electron chi connectivity index (χ2n) is 5.32. The van der Waals surface area contributed by atoms with Crippen molar-refractivity contribution in [3.8, 4) is 0 Å². The molecule has 0 saturated heterocycles. The van der Waals surface area contributed by atoms with Crippen molar-refractivity contribution in [2.45, 2.75) is 57.8 Å². The normalized spacial score (nSPS) is 20.1. The highest BCUT2D eigenvalue weighted by atomic mass is 16.3. The average molecular weight is 234 g/mol. The third kappa shape index (κ3) is 2.90. The molecule has 2 fully saturated rings. The van der Waals surface area contributed by atoms with Gasteiger partial charge in [-0.25, -0.2) is 0 Å². The van der Waals surface area contributed by atoms with Crippen LogP contribution in [0.5, 0.6) is 0 Å². The first kappa shape index (κ1) is 11.3. The van der Waals surface area contributed by atoms with Crippen molar-refractivity contribution in [3.05, 3.63) is 23.7 Å². The van der Waals surface area contributed by atoms with E-state index in [9.17, 15) is 0 Å². The van der Waals surface area contributed by atoms with Crippen LogP contribution in [-0.2, 0) is 13.1 Å². The number of rotatable bonds is 7. The van der Waals surface area contributed by atoms with Gasteiger partial charge in [-0.1, -0.05) is 6.92 Å². The Morgan fingerprint density at radius 1 is 1.35 bits per heavy atom. The molecule has 2 aliphatic carbocycles. The van der Waals surface area contributed by atoms with Crippen LogP contribution in [0, 0.1) is 0 Å². The third-order valence-corrected chi connectivity index (χ3v) is 3.81. The summed E-state index contributed by atoms with van der Waals surface area (Å²) in [6.45, 7) is 5.32. The number of nitrogens with zero attached hydrogens (tertiary/aromatic N) is 1. The molecule has 0 atom stereocenters. The van der Waals surface area contributed by atoms with E-state index in [1.165, 1.54) is 31.2 Å². The Hall–Kier alpha value is -0.800. The summed E-state index contributed by atoms with van der Waals surface area (Å²) in [6.07, 6.45) is 7.25. The van der Waals surface area contributed by atoms with Gasteiger partial charge in [-0.15, -0.1) is 0 Å². The molecule has 0 amide bonds. The van der Waals surface area contributed by atoms with E-state index in [1.807, 2.05) is 6.26 Å². The highest BCUT2D eigenvalue weighted by Gasteiger charge is 2.29. The lowest BCUT2D eigenvalue weighted by atomic mass is 10.2. The molecule has 1 aromatic heterocycles. The van der Waals surface area contributed by atoms with Crippen molar-refractivity contribution < 1.29 is 4.42 Å². The summed E-state index contributed by atoms with van der Waals surface area (Å²) in [5.74, 6) is 1.16. The standard InChI is InChI=1S/C14H22N2O/c1-2-16(13-5-6-13)10-14-11(7-8-17-14)9-15-12-3-4-12/h7-8,12-13,15H,2-6,9-10H2,1H3. The second-order valence-corrected chi connectivity index (χ2v) is 5.32. The van der Waals surface area contributed by atoms with Gasteiger partial charge in [0.1, 0.15) is 5.76 Å². The summed E-state index contributed by atoms with van der Waals surface area (Å²) in [5, 5.41) is 3.56. The van der Waals surface area contributed by atoms with E-state index in [1.54, 1.807) is 0 Å². The highest BCUT2D eigenvalue weighted by Crippen LogP contribution is 2.29. The first-order valence-corrected chi connectivity index (χ1v) is 6.89. The summed E-state index contributed by atoms with van der Waals surface area (Å²) < 4.78 is 5.65. The molecular formula is C14H22N2O. The van der Waals surface area contributed by atoms with Crippen molar-refractivity contribution in [1.29, 1.82) is 0 Å². The van der Waals surface area contributed by atoms with Gasteiger partial charge in [0.15, 0.2) is 0 Å². The Morgan fingerprint density at radius 2 is 2.18 bits per heavy atom. The van der Waals surface area contributed by atoms with Crippen molar-refractivity contribution in [2.24, 2.45) is 0 Å². The average Bonchev–Trinajstić information content (AvgIpc) is 3.24. The minimum absolute atomic E-state index is 0.767. The molecule has 1 heterocycles. The number of hydrogen-bond acceptors (Lipinski definition) is 3. The smallest absolute Gasteiger partial charge is 0.122 e. The predicted octanol–water partition coefficient (Wildman–Crippen LogP) is 2.52. The van der Waals surface area contributed by atoms with Crippen molar-refractivity contribution in [1.82, 2.24) is 10.2 Å². The van der Waals surface area contributed by atoms with Crippen LogP contribution in [-0.4, -0.2) is 23.5 Å². The molecule has 17 heavy (non-hydrogen) atoms. The third-order valence-electron chi connectivity index (χ3n) is 3.81. The summed E-state index contributed by atoms with van der Waals surface area (Å²) >= 11 is 0. The molecule has 3 heteroatoms. The van der Waals surface area contributed by atoms with E-state index >= 15 is 0 Å². The van der Waals surface area contributed by atoms with Crippen LogP contribution < -0.4 is 5.32 Å². The second kappa shape index (κ2) is 4.83. The zero-order chi connectivity index (χ0) is 11.7. The van der Waals surface area contributed by atoms with Crippen LogP contribution >= 0.6 is 0 Å². The van der Waals surface area contributed by atoms with E-state index < -0.39 is 0 Å². The van der Waals surface area contributed by atoms with Crippen LogP contribution in [0.25, 0.3) is 0 Å². The van der Waals surface area contributed by atoms with Crippen molar-refractivity contribution in [2.75, 3.05) is 6.54 Å². The zero-order valence-corrected chi connectivity index (χ0v) is 10.6. The minimum Gasteiger partial charge on any atom is -0.468 e. The largest absolute Gasteiger partial charge is 0.468 e. The molecule has 0 spiro atoms. The van der Waals surface area contributed by atoms with Crippen molar-refractivity contribution in [3.63, 3.8) is 0 Å². The number of nitrogens with one attached hydrogen (secondary N) is 1. The van der Waals surface area contributed by atoms with Crippen LogP contribution in [0.1, 0.15) is 43.9 Å². The quantitative estimate of drug-likeness (QED) is 0.786. The maximum absolute atomic E-state index is 5.65. The molecule has 0 radical (unpaired) electrons. The van der Waals surface area contributed by atoms with Gasteiger partial charge < -0.3 is 9.73 Å². The predicted molar refractivity (Wildman–Crippen MR) is 67.7 cm³/mol. The topological polar surface area (TPSA) is 28.4 Å². The zero-order valence-electron chi connectivity index (χ0n) is 10.6. The molecule has 2 saturated carbocycles. The number of furan rings is 1. The van der Waals surface area contributed by atoms with Gasteiger partial charge in [-0.3, -0.25) is 4.90 Å². The monoisotopic (exact) mass is 234 g/mol. The van der Waals surface area contributed by atoms with E-state index in [0.29, 0.717) is 0 Å². The molecule has 0 unspecified atom stereocenters. The molecule has 2 aliphatic rings. The maximum atomic E-state index is 5.65. The number of hydrogen-bond donors (Lipinski definition) is 1. The lowest BCUT2D eigenvalue weighted by Gasteiger charge is -2.19. The summed E-state index contributed by atoms with van der Waals surface area (Å²) in [5.41, 5.74) is 1.34. The van der Waals surface area contributed by atoms with Gasteiger partial charge in [0, 0.05) is 24.2 Å². The van der Waals surface area contributed by atoms with Crippen LogP contribution in [0.2, 0.25) is 0 Å². The molecule has 94 valence electrons. The van der Waals surface area contributed by atoms with Gasteiger partial charge in [0.05, 0.1) is 12.8 Å². The molecular weight excluding hydrogens is 212 g/mol. The Kier molecular flexibility index (Phi) is 3.21. The van der Waals surface area contributed by atoms with Gasteiger partial charge in [-0.2, -0.15) is 0 Å². The molecule has 3 rings (SSSR count). The molecule has 0 aliphatic heterocycles. The van der Waals surface area contributed by atoms with Crippen LogP contribution in [0.4, 0.5) is 0 Å². The van der Waals surface area contributed by atoms with E-state index in [0.717, 1.165) is 37.5 Å². The Bertz CT molecular complexity index is 366. The van der Waals surface area contributed by atoms with Gasteiger partial charge in [-0.05, 0) is 38.3 Å². The Balaban J connectivity index is 1.58. The fraction of sp³-hybridized carbons (Fsp3) is 0.714. The fourth-order valence-corrected chi connectivity index (χ4v) is 2.33. The SMILES string of the molecule is CCN(Cc1occc1CNC1CC1)C1CC1. The summed E-state index contributed by atoms with van der Waals surface area (Å²) in [7, 11) is 0. The highest BCUT2D eigenvalue weighted by molar-refractivity contribution is 5.17. The van der Waals surface area contributed by atoms with E-state index in [2.05, 4.69) is 23.2 Å². The van der Waals surface area contributed by atoms with E-state index in [4.69, 9.17) is 4.42 Å². The lowest BCUT2D eigenvalue weighted by Crippen LogP contribution is -2.26. The van der Waals surface area contributed by atoms with Gasteiger partial charge >= 0.3 is 0 Å². The van der Waals surface area contributed by atoms with Crippen LogP contribution in [0.15, 0.2) is 16.7 Å². The van der Waals surface area contributed by atoms with Gasteiger partial charge in [0.25, 0.3) is 0 Å². The Morgan fingerprint density at radius 3 is 2.82 bits per heavy atom. The maximum Gasteiger partial charge on any atom is 0.122 e. The molecule has 0 bridgehead atoms. The summed E-state index contributed by atoms with van der Waals surface area (Å²) in [4.78, 5) is 2.53. The minimum atomic E-state index is 0.767. The Labute approximate surface area is 103 Å². The summed E-state index contributed by atoms with van der Waals surface area (Å²) in [6, 6.07) is 3.70. The molecule has 3 nitrogen and oxygen atoms in total. The van der Waals surface area contributed by atoms with E-state index in [-0.39, 0.29) is 0 Å². The first-order valence-electron chi connectivity index (χ1n) is 6.89. The van der Waals surface area contributed by atoms with Crippen LogP contribution in [0.3, 0.4) is 0 Å². The lowest BCUT2D eigenvalue weighted by molar-refractivity contribution is 0.244. The van der Waals surface area contributed by atoms with Gasteiger partial charge in [0.2, 0.25) is 0 Å². The molecule has 0 aromatic carbocycles. The first-order chi connectivity index (χ1) is 8.36. The molecule has 1 aromatic rings.